The smallest absolute Gasteiger partial charge is 0.340 e. The second-order valence-corrected chi connectivity index (χ2v) is 10.5. The highest BCUT2D eigenvalue weighted by atomic mass is 127. The summed E-state index contributed by atoms with van der Waals surface area (Å²) in [6.07, 6.45) is 0. The molecule has 3 aromatic rings. The van der Waals surface area contributed by atoms with Crippen molar-refractivity contribution in [2.45, 2.75) is 0 Å². The summed E-state index contributed by atoms with van der Waals surface area (Å²) in [5.74, 6) is -1.68. The van der Waals surface area contributed by atoms with Crippen LogP contribution in [0.3, 0.4) is 0 Å². The molecule has 0 saturated heterocycles. The number of esters is 3. The summed E-state index contributed by atoms with van der Waals surface area (Å²) < 4.78 is 17.5. The zero-order valence-corrected chi connectivity index (χ0v) is 24.7. The van der Waals surface area contributed by atoms with E-state index in [1.165, 1.54) is 21.3 Å². The third kappa shape index (κ3) is 5.64. The first-order valence-electron chi connectivity index (χ1n) is 9.65. The van der Waals surface area contributed by atoms with Crippen molar-refractivity contribution in [3.8, 4) is 0 Å². The van der Waals surface area contributed by atoms with E-state index in [1.807, 2.05) is 18.2 Å². The Morgan fingerprint density at radius 2 is 0.824 bits per heavy atom. The van der Waals surface area contributed by atoms with Crippen molar-refractivity contribution in [2.24, 2.45) is 0 Å². The third-order valence-corrected chi connectivity index (χ3v) is 6.83. The van der Waals surface area contributed by atoms with Gasteiger partial charge in [0.2, 0.25) is 0 Å². The number of hydrogen-bond donors (Lipinski definition) is 0. The minimum Gasteiger partial charge on any atom is -0.465 e. The molecule has 0 aliphatic heterocycles. The number of carbonyl (C=O) groups excluding carboxylic acids is 3. The first-order chi connectivity index (χ1) is 16.2. The van der Waals surface area contributed by atoms with Crippen molar-refractivity contribution in [2.75, 3.05) is 26.2 Å². The lowest BCUT2D eigenvalue weighted by Gasteiger charge is -2.30. The maximum absolute atomic E-state index is 12.8. The molecule has 176 valence electrons. The summed E-state index contributed by atoms with van der Waals surface area (Å²) in [5, 5.41) is 0. The van der Waals surface area contributed by atoms with Gasteiger partial charge in [-0.3, -0.25) is 0 Å². The Balaban J connectivity index is 2.46. The highest BCUT2D eigenvalue weighted by molar-refractivity contribution is 14.1. The van der Waals surface area contributed by atoms with Crippen LogP contribution in [-0.4, -0.2) is 39.2 Å². The molecule has 0 saturated carbocycles. The molecule has 10 heteroatoms. The lowest BCUT2D eigenvalue weighted by molar-refractivity contribution is 0.0593. The van der Waals surface area contributed by atoms with Gasteiger partial charge in [-0.05, 0) is 122 Å². The van der Waals surface area contributed by atoms with Crippen molar-refractivity contribution in [3.63, 3.8) is 0 Å². The van der Waals surface area contributed by atoms with E-state index in [0.717, 1.165) is 10.7 Å². The highest BCUT2D eigenvalue weighted by Gasteiger charge is 2.28. The van der Waals surface area contributed by atoms with Crippen molar-refractivity contribution in [1.82, 2.24) is 0 Å². The van der Waals surface area contributed by atoms with Crippen molar-refractivity contribution in [1.29, 1.82) is 0 Å². The molecule has 3 aromatic carbocycles. The summed E-state index contributed by atoms with van der Waals surface area (Å²) in [5.41, 5.74) is 2.05. The third-order valence-electron chi connectivity index (χ3n) is 4.81. The van der Waals surface area contributed by atoms with Gasteiger partial charge in [0.1, 0.15) is 0 Å². The molecule has 0 bridgehead atoms. The molecule has 0 atom stereocenters. The van der Waals surface area contributed by atoms with Gasteiger partial charge < -0.3 is 19.1 Å². The van der Waals surface area contributed by atoms with Gasteiger partial charge in [-0.1, -0.05) is 0 Å². The fourth-order valence-electron chi connectivity index (χ4n) is 3.32. The van der Waals surface area contributed by atoms with Crippen molar-refractivity contribution >= 4 is 103 Å². The number of methoxy groups -OCH3 is 3. The monoisotopic (exact) mass is 797 g/mol. The molecular weight excluding hydrogens is 779 g/mol. The highest BCUT2D eigenvalue weighted by Crippen LogP contribution is 2.42. The lowest BCUT2D eigenvalue weighted by atomic mass is 10.0. The van der Waals surface area contributed by atoms with Crippen LogP contribution in [0.5, 0.6) is 0 Å². The Morgan fingerprint density at radius 1 is 0.559 bits per heavy atom. The average Bonchev–Trinajstić information content (AvgIpc) is 2.84. The quantitative estimate of drug-likeness (QED) is 0.164. The molecule has 0 N–H and O–H groups in total. The second-order valence-electron chi connectivity index (χ2n) is 6.79. The number of halogens is 3. The van der Waals surface area contributed by atoms with Crippen LogP contribution in [0.25, 0.3) is 0 Å². The van der Waals surface area contributed by atoms with Crippen LogP contribution >= 0.6 is 67.8 Å². The number of nitrogens with zero attached hydrogens (tertiary/aromatic N) is 1. The molecule has 0 aromatic heterocycles. The van der Waals surface area contributed by atoms with Crippen LogP contribution < -0.4 is 4.90 Å². The van der Waals surface area contributed by atoms with Crippen LogP contribution in [-0.2, 0) is 14.2 Å². The predicted molar refractivity (Wildman–Crippen MR) is 153 cm³/mol. The first-order valence-corrected chi connectivity index (χ1v) is 12.9. The zero-order chi connectivity index (χ0) is 25.0. The minimum atomic E-state index is -0.561. The van der Waals surface area contributed by atoms with E-state index in [1.54, 1.807) is 41.3 Å². The van der Waals surface area contributed by atoms with Crippen LogP contribution in [0.2, 0.25) is 0 Å². The van der Waals surface area contributed by atoms with Crippen molar-refractivity contribution in [3.05, 3.63) is 82.0 Å². The van der Waals surface area contributed by atoms with Gasteiger partial charge in [0.25, 0.3) is 0 Å². The summed E-state index contributed by atoms with van der Waals surface area (Å²) >= 11 is 6.31. The fraction of sp³-hybridized carbons (Fsp3) is 0.125. The summed E-state index contributed by atoms with van der Waals surface area (Å²) in [4.78, 5) is 40.0. The van der Waals surface area contributed by atoms with Gasteiger partial charge in [-0.15, -0.1) is 0 Å². The number of hydrogen-bond acceptors (Lipinski definition) is 7. The minimum absolute atomic E-state index is 0.262. The first kappa shape index (κ1) is 26.7. The molecule has 0 heterocycles. The van der Waals surface area contributed by atoms with Crippen LogP contribution in [0.15, 0.2) is 54.6 Å². The summed E-state index contributed by atoms with van der Waals surface area (Å²) in [7, 11) is 3.89. The Kier molecular flexibility index (Phi) is 9.14. The van der Waals surface area contributed by atoms with E-state index in [0.29, 0.717) is 17.1 Å². The number of benzene rings is 3. The molecule has 0 unspecified atom stereocenters. The standard InChI is InChI=1S/C24H18I3NO6/c1-32-22(29)16-10-13(25)4-7-19(16)28(20-8-5-14(26)11-17(20)23(30)33-2)21-9-6-15(27)12-18(21)24(31)34-3/h4-12H,1-3H3. The van der Waals surface area contributed by atoms with Crippen LogP contribution in [0.4, 0.5) is 17.1 Å². The van der Waals surface area contributed by atoms with E-state index in [4.69, 9.17) is 14.2 Å². The number of ether oxygens (including phenoxy) is 3. The van der Waals surface area contributed by atoms with Crippen LogP contribution in [0.1, 0.15) is 31.1 Å². The molecule has 0 fully saturated rings. The molecule has 0 spiro atoms. The predicted octanol–water partition coefficient (Wildman–Crippen LogP) is 6.33. The van der Waals surface area contributed by atoms with Gasteiger partial charge >= 0.3 is 17.9 Å². The molecule has 3 rings (SSSR count). The SMILES string of the molecule is COC(=O)c1cc(I)ccc1N(c1ccc(I)cc1C(=O)OC)c1ccc(I)cc1C(=O)OC. The second kappa shape index (κ2) is 11.7. The Labute approximate surface area is 237 Å². The summed E-state index contributed by atoms with van der Waals surface area (Å²) in [6, 6.07) is 15.8. The molecule has 0 radical (unpaired) electrons. The molecule has 7 nitrogen and oxygen atoms in total. The normalized spacial score (nSPS) is 10.4. The molecule has 0 aliphatic rings. The zero-order valence-electron chi connectivity index (χ0n) is 18.2. The number of rotatable bonds is 6. The van der Waals surface area contributed by atoms with Gasteiger partial charge in [-0.2, -0.15) is 0 Å². The molecular formula is C24H18I3NO6. The van der Waals surface area contributed by atoms with Gasteiger partial charge in [0.05, 0.1) is 55.1 Å². The molecule has 34 heavy (non-hydrogen) atoms. The van der Waals surface area contributed by atoms with Gasteiger partial charge in [-0.25, -0.2) is 14.4 Å². The van der Waals surface area contributed by atoms with Crippen molar-refractivity contribution < 1.29 is 28.6 Å². The fourth-order valence-corrected chi connectivity index (χ4v) is 4.79. The van der Waals surface area contributed by atoms with E-state index in [2.05, 4.69) is 67.8 Å². The number of carbonyl (C=O) groups is 3. The molecule has 0 amide bonds. The number of anilines is 3. The maximum Gasteiger partial charge on any atom is 0.340 e. The average molecular weight is 797 g/mol. The van der Waals surface area contributed by atoms with Gasteiger partial charge in [0, 0.05) is 10.7 Å². The Morgan fingerprint density at radius 3 is 1.06 bits per heavy atom. The lowest BCUT2D eigenvalue weighted by Crippen LogP contribution is -2.21. The largest absolute Gasteiger partial charge is 0.465 e. The Bertz CT molecular complexity index is 1120. The topological polar surface area (TPSA) is 82.1 Å². The van der Waals surface area contributed by atoms with E-state index < -0.39 is 17.9 Å². The Hall–Kier alpha value is -1.94. The maximum atomic E-state index is 12.8. The van der Waals surface area contributed by atoms with Gasteiger partial charge in [0.15, 0.2) is 0 Å². The van der Waals surface area contributed by atoms with Crippen LogP contribution in [0, 0.1) is 10.7 Å². The molecule has 0 aliphatic carbocycles. The van der Waals surface area contributed by atoms with E-state index >= 15 is 0 Å². The van der Waals surface area contributed by atoms with E-state index in [9.17, 15) is 14.4 Å². The van der Waals surface area contributed by atoms with E-state index in [-0.39, 0.29) is 16.7 Å². The summed E-state index contributed by atoms with van der Waals surface area (Å²) in [6.45, 7) is 0.